The van der Waals surface area contributed by atoms with Crippen molar-refractivity contribution in [1.82, 2.24) is 19.1 Å². The zero-order chi connectivity index (χ0) is 15.0. The van der Waals surface area contributed by atoms with Crippen LogP contribution in [-0.4, -0.2) is 45.4 Å². The Morgan fingerprint density at radius 2 is 2.05 bits per heavy atom. The van der Waals surface area contributed by atoms with E-state index in [1.165, 1.54) is 9.47 Å². The molecule has 3 rings (SSSR count). The SMILES string of the molecule is CCn1c(C[NH+]2CCOCC2)nc2c1c(=O)[nH]c(=O)n2C. The molecule has 2 N–H and O–H groups in total. The van der Waals surface area contributed by atoms with Gasteiger partial charge in [-0.3, -0.25) is 14.3 Å². The number of nitrogens with one attached hydrogen (secondary N) is 2. The van der Waals surface area contributed by atoms with Gasteiger partial charge in [0.25, 0.3) is 5.56 Å². The Hall–Kier alpha value is -1.93. The van der Waals surface area contributed by atoms with Gasteiger partial charge >= 0.3 is 5.69 Å². The number of quaternary nitrogens is 1. The first kappa shape index (κ1) is 14.0. The summed E-state index contributed by atoms with van der Waals surface area (Å²) in [5, 5.41) is 0. The fourth-order valence-electron chi connectivity index (χ4n) is 2.82. The summed E-state index contributed by atoms with van der Waals surface area (Å²) in [6.07, 6.45) is 0. The minimum absolute atomic E-state index is 0.370. The average molecular weight is 294 g/mol. The van der Waals surface area contributed by atoms with Crippen LogP contribution in [0.15, 0.2) is 9.59 Å². The number of hydrogen-bond donors (Lipinski definition) is 2. The predicted molar refractivity (Wildman–Crippen MR) is 76.5 cm³/mol. The molecule has 0 amide bonds. The summed E-state index contributed by atoms with van der Waals surface area (Å²) in [4.78, 5) is 32.0. The quantitative estimate of drug-likeness (QED) is 0.676. The third kappa shape index (κ3) is 2.40. The fourth-order valence-corrected chi connectivity index (χ4v) is 2.82. The van der Waals surface area contributed by atoms with Crippen molar-refractivity contribution >= 4 is 11.2 Å². The van der Waals surface area contributed by atoms with E-state index in [0.29, 0.717) is 17.7 Å². The standard InChI is InChI=1S/C13H19N5O3/c1-3-18-9(8-17-4-6-21-7-5-17)14-11-10(18)12(19)15-13(20)16(11)2/h3-8H2,1-2H3,(H,15,19,20)/p+1. The number of fused-ring (bicyclic) bond motifs is 1. The van der Waals surface area contributed by atoms with Crippen LogP contribution in [0.3, 0.4) is 0 Å². The van der Waals surface area contributed by atoms with Crippen molar-refractivity contribution in [3.8, 4) is 0 Å². The van der Waals surface area contributed by atoms with Gasteiger partial charge in [-0.15, -0.1) is 0 Å². The van der Waals surface area contributed by atoms with E-state index in [1.54, 1.807) is 7.05 Å². The van der Waals surface area contributed by atoms with Gasteiger partial charge in [-0.2, -0.15) is 0 Å². The summed E-state index contributed by atoms with van der Waals surface area (Å²) in [5.74, 6) is 0.844. The predicted octanol–water partition coefficient (Wildman–Crippen LogP) is -2.14. The van der Waals surface area contributed by atoms with E-state index in [2.05, 4.69) is 9.97 Å². The highest BCUT2D eigenvalue weighted by Crippen LogP contribution is 2.09. The van der Waals surface area contributed by atoms with Crippen molar-refractivity contribution in [3.63, 3.8) is 0 Å². The molecule has 0 radical (unpaired) electrons. The number of ether oxygens (including phenoxy) is 1. The van der Waals surface area contributed by atoms with Crippen LogP contribution in [0.5, 0.6) is 0 Å². The Labute approximate surface area is 121 Å². The second-order valence-corrected chi connectivity index (χ2v) is 5.30. The number of imidazole rings is 1. The molecule has 1 saturated heterocycles. The molecule has 0 aromatic carbocycles. The molecule has 8 heteroatoms. The molecule has 2 aromatic rings. The lowest BCUT2D eigenvalue weighted by Gasteiger charge is -2.23. The zero-order valence-corrected chi connectivity index (χ0v) is 12.3. The van der Waals surface area contributed by atoms with Gasteiger partial charge in [0.15, 0.2) is 17.0 Å². The Morgan fingerprint density at radius 3 is 2.71 bits per heavy atom. The van der Waals surface area contributed by atoms with Gasteiger partial charge in [0.05, 0.1) is 13.2 Å². The van der Waals surface area contributed by atoms with E-state index in [1.807, 2.05) is 11.5 Å². The van der Waals surface area contributed by atoms with Gasteiger partial charge in [0, 0.05) is 13.6 Å². The van der Waals surface area contributed by atoms with Gasteiger partial charge in [-0.05, 0) is 6.92 Å². The van der Waals surface area contributed by atoms with Gasteiger partial charge in [-0.1, -0.05) is 0 Å². The number of nitrogens with zero attached hydrogens (tertiary/aromatic N) is 3. The van der Waals surface area contributed by atoms with E-state index in [9.17, 15) is 9.59 Å². The highest BCUT2D eigenvalue weighted by molar-refractivity contribution is 5.70. The second-order valence-electron chi connectivity index (χ2n) is 5.30. The monoisotopic (exact) mass is 294 g/mol. The number of H-pyrrole nitrogens is 1. The smallest absolute Gasteiger partial charge is 0.329 e. The molecule has 1 aliphatic heterocycles. The van der Waals surface area contributed by atoms with Crippen molar-refractivity contribution in [2.45, 2.75) is 20.0 Å². The molecule has 1 aliphatic rings. The normalized spacial score (nSPS) is 16.7. The van der Waals surface area contributed by atoms with E-state index in [4.69, 9.17) is 4.74 Å². The topological polar surface area (TPSA) is 86.3 Å². The molecular weight excluding hydrogens is 274 g/mol. The number of rotatable bonds is 3. The number of aryl methyl sites for hydroxylation is 2. The summed E-state index contributed by atoms with van der Waals surface area (Å²) in [7, 11) is 1.62. The van der Waals surface area contributed by atoms with Crippen LogP contribution in [0.2, 0.25) is 0 Å². The maximum Gasteiger partial charge on any atom is 0.329 e. The molecule has 0 spiro atoms. The largest absolute Gasteiger partial charge is 0.370 e. The number of hydrogen-bond acceptors (Lipinski definition) is 4. The van der Waals surface area contributed by atoms with Crippen LogP contribution >= 0.6 is 0 Å². The minimum atomic E-state index is -0.432. The molecule has 0 atom stereocenters. The van der Waals surface area contributed by atoms with E-state index < -0.39 is 5.69 Å². The Morgan fingerprint density at radius 1 is 1.33 bits per heavy atom. The summed E-state index contributed by atoms with van der Waals surface area (Å²) in [6.45, 7) is 6.73. The first-order valence-corrected chi connectivity index (χ1v) is 7.21. The second kappa shape index (κ2) is 5.45. The van der Waals surface area contributed by atoms with Crippen LogP contribution in [-0.2, 0) is 24.9 Å². The van der Waals surface area contributed by atoms with Crippen molar-refractivity contribution in [3.05, 3.63) is 26.7 Å². The van der Waals surface area contributed by atoms with Crippen molar-refractivity contribution in [2.75, 3.05) is 26.3 Å². The third-order valence-corrected chi connectivity index (χ3v) is 4.01. The highest BCUT2D eigenvalue weighted by atomic mass is 16.5. The summed E-state index contributed by atoms with van der Waals surface area (Å²) in [6, 6.07) is 0. The highest BCUT2D eigenvalue weighted by Gasteiger charge is 2.21. The zero-order valence-electron chi connectivity index (χ0n) is 12.3. The summed E-state index contributed by atoms with van der Waals surface area (Å²) in [5.41, 5.74) is 0.125. The van der Waals surface area contributed by atoms with Gasteiger partial charge in [0.2, 0.25) is 0 Å². The summed E-state index contributed by atoms with van der Waals surface area (Å²) >= 11 is 0. The fraction of sp³-hybridized carbons (Fsp3) is 0.615. The molecule has 0 unspecified atom stereocenters. The molecule has 114 valence electrons. The molecule has 8 nitrogen and oxygen atoms in total. The lowest BCUT2D eigenvalue weighted by Crippen LogP contribution is -3.12. The first-order valence-electron chi connectivity index (χ1n) is 7.21. The molecule has 2 aromatic heterocycles. The van der Waals surface area contributed by atoms with Crippen LogP contribution < -0.4 is 16.1 Å². The molecule has 0 bridgehead atoms. The van der Waals surface area contributed by atoms with Crippen LogP contribution in [0.25, 0.3) is 11.2 Å². The van der Waals surface area contributed by atoms with Crippen LogP contribution in [0.4, 0.5) is 0 Å². The van der Waals surface area contributed by atoms with Crippen molar-refractivity contribution in [1.29, 1.82) is 0 Å². The lowest BCUT2D eigenvalue weighted by molar-refractivity contribution is -0.922. The molecule has 1 fully saturated rings. The molecule has 0 saturated carbocycles. The average Bonchev–Trinajstić information content (AvgIpc) is 2.85. The maximum atomic E-state index is 12.1. The lowest BCUT2D eigenvalue weighted by atomic mass is 10.4. The Balaban J connectivity index is 2.10. The van der Waals surface area contributed by atoms with Gasteiger partial charge in [-0.25, -0.2) is 9.78 Å². The van der Waals surface area contributed by atoms with Gasteiger partial charge in [0.1, 0.15) is 19.6 Å². The minimum Gasteiger partial charge on any atom is -0.370 e. The molecule has 0 aliphatic carbocycles. The van der Waals surface area contributed by atoms with E-state index >= 15 is 0 Å². The number of aromatic nitrogens is 4. The molecule has 21 heavy (non-hydrogen) atoms. The van der Waals surface area contributed by atoms with Crippen LogP contribution in [0.1, 0.15) is 12.7 Å². The maximum absolute atomic E-state index is 12.1. The Kier molecular flexibility index (Phi) is 3.64. The molecule has 3 heterocycles. The van der Waals surface area contributed by atoms with Crippen molar-refractivity contribution < 1.29 is 9.64 Å². The Bertz CT molecular complexity index is 766. The van der Waals surface area contributed by atoms with Crippen LogP contribution in [0, 0.1) is 0 Å². The number of morpholine rings is 1. The van der Waals surface area contributed by atoms with Crippen molar-refractivity contribution in [2.24, 2.45) is 7.05 Å². The van der Waals surface area contributed by atoms with E-state index in [-0.39, 0.29) is 5.56 Å². The third-order valence-electron chi connectivity index (χ3n) is 4.01. The van der Waals surface area contributed by atoms with Gasteiger partial charge < -0.3 is 14.2 Å². The molecular formula is C13H20N5O3+. The number of aromatic amines is 1. The van der Waals surface area contributed by atoms with E-state index in [0.717, 1.165) is 38.7 Å². The first-order chi connectivity index (χ1) is 10.1. The summed E-state index contributed by atoms with van der Waals surface area (Å²) < 4.78 is 8.65.